The van der Waals surface area contributed by atoms with Gasteiger partial charge in [0, 0.05) is 5.39 Å². The molecule has 0 aliphatic heterocycles. The normalized spacial score (nSPS) is 10.1. The number of nitrogens with zero attached hydrogens (tertiary/aromatic N) is 2. The lowest BCUT2D eigenvalue weighted by Gasteiger charge is -2.10. The van der Waals surface area contributed by atoms with Gasteiger partial charge in [0.05, 0.1) is 12.1 Å². The number of ether oxygens (including phenoxy) is 1. The smallest absolute Gasteiger partial charge is 0.421 e. The van der Waals surface area contributed by atoms with Crippen LogP contribution in [0.1, 0.15) is 12.5 Å². The maximum absolute atomic E-state index is 12.0. The summed E-state index contributed by atoms with van der Waals surface area (Å²) in [5.74, 6) is -0.427. The van der Waals surface area contributed by atoms with Gasteiger partial charge in [-0.3, -0.25) is 4.79 Å². The predicted molar refractivity (Wildman–Crippen MR) is 67.0 cm³/mol. The van der Waals surface area contributed by atoms with Crippen molar-refractivity contribution in [1.82, 2.24) is 4.57 Å². The molecule has 0 aliphatic rings. The SMILES string of the molecule is CCOC(=O)n1c(=O)c(C#N)c(O)c2ccccc21. The third kappa shape index (κ3) is 1.91. The van der Waals surface area contributed by atoms with Crippen LogP contribution in [0.3, 0.4) is 0 Å². The van der Waals surface area contributed by atoms with E-state index in [0.29, 0.717) is 0 Å². The second-order valence-electron chi connectivity index (χ2n) is 3.69. The van der Waals surface area contributed by atoms with E-state index in [1.165, 1.54) is 12.1 Å². The standard InChI is InChI=1S/C13H10N2O4/c1-2-19-13(18)15-10-6-4-3-5-8(10)11(16)9(7-14)12(15)17/h3-6,16H,2H2,1H3. The number of carbonyl (C=O) groups excluding carboxylic acids is 1. The number of carbonyl (C=O) groups is 1. The van der Waals surface area contributed by atoms with Gasteiger partial charge >= 0.3 is 6.09 Å². The summed E-state index contributed by atoms with van der Waals surface area (Å²) >= 11 is 0. The van der Waals surface area contributed by atoms with Crippen LogP contribution >= 0.6 is 0 Å². The fourth-order valence-electron chi connectivity index (χ4n) is 1.80. The van der Waals surface area contributed by atoms with Gasteiger partial charge in [-0.25, -0.2) is 9.36 Å². The van der Waals surface area contributed by atoms with E-state index < -0.39 is 23.0 Å². The zero-order valence-corrected chi connectivity index (χ0v) is 10.1. The maximum Gasteiger partial charge on any atom is 0.421 e. The van der Waals surface area contributed by atoms with E-state index in [9.17, 15) is 14.7 Å². The molecule has 0 atom stereocenters. The summed E-state index contributed by atoms with van der Waals surface area (Å²) in [6, 6.07) is 7.85. The molecule has 0 radical (unpaired) electrons. The van der Waals surface area contributed by atoms with Crippen molar-refractivity contribution in [1.29, 1.82) is 5.26 Å². The van der Waals surface area contributed by atoms with Gasteiger partial charge in [-0.2, -0.15) is 5.26 Å². The van der Waals surface area contributed by atoms with Crippen LogP contribution in [0.15, 0.2) is 29.1 Å². The molecule has 0 amide bonds. The Labute approximate surface area is 108 Å². The lowest BCUT2D eigenvalue weighted by Crippen LogP contribution is -2.30. The number of hydrogen-bond donors (Lipinski definition) is 1. The van der Waals surface area contributed by atoms with E-state index in [1.807, 2.05) is 0 Å². The van der Waals surface area contributed by atoms with Crippen molar-refractivity contribution in [3.8, 4) is 11.8 Å². The fraction of sp³-hybridized carbons (Fsp3) is 0.154. The van der Waals surface area contributed by atoms with Gasteiger partial charge in [0.15, 0.2) is 5.56 Å². The third-order valence-corrected chi connectivity index (χ3v) is 2.62. The number of rotatable bonds is 1. The van der Waals surface area contributed by atoms with Crippen molar-refractivity contribution >= 4 is 17.0 Å². The number of hydrogen-bond acceptors (Lipinski definition) is 5. The first-order chi connectivity index (χ1) is 9.11. The van der Waals surface area contributed by atoms with Crippen LogP contribution in [0.4, 0.5) is 4.79 Å². The van der Waals surface area contributed by atoms with Crippen LogP contribution in [0.2, 0.25) is 0 Å². The maximum atomic E-state index is 12.0. The Balaban J connectivity index is 2.93. The van der Waals surface area contributed by atoms with Crippen molar-refractivity contribution in [3.05, 3.63) is 40.2 Å². The Morgan fingerprint density at radius 2 is 2.16 bits per heavy atom. The molecule has 6 nitrogen and oxygen atoms in total. The molecule has 96 valence electrons. The Morgan fingerprint density at radius 1 is 1.47 bits per heavy atom. The molecule has 0 saturated carbocycles. The topological polar surface area (TPSA) is 92.3 Å². The molecule has 2 rings (SSSR count). The highest BCUT2D eigenvalue weighted by molar-refractivity contribution is 5.93. The molecular formula is C13H10N2O4. The summed E-state index contributed by atoms with van der Waals surface area (Å²) in [7, 11) is 0. The number of aromatic nitrogens is 1. The van der Waals surface area contributed by atoms with Crippen LogP contribution in [0.5, 0.6) is 5.75 Å². The van der Waals surface area contributed by atoms with Crippen molar-refractivity contribution < 1.29 is 14.6 Å². The van der Waals surface area contributed by atoms with Crippen molar-refractivity contribution in [2.24, 2.45) is 0 Å². The van der Waals surface area contributed by atoms with Crippen LogP contribution < -0.4 is 5.56 Å². The number of pyridine rings is 1. The van der Waals surface area contributed by atoms with Crippen LogP contribution in [0, 0.1) is 11.3 Å². The number of benzene rings is 1. The molecule has 1 N–H and O–H groups in total. The molecule has 1 aromatic heterocycles. The Morgan fingerprint density at radius 3 is 2.79 bits per heavy atom. The molecule has 1 heterocycles. The van der Waals surface area contributed by atoms with Gasteiger partial charge in [-0.1, -0.05) is 12.1 Å². The van der Waals surface area contributed by atoms with Gasteiger partial charge in [0.1, 0.15) is 11.8 Å². The molecule has 0 fully saturated rings. The Bertz CT molecular complexity index is 756. The first-order valence-electron chi connectivity index (χ1n) is 5.55. The average molecular weight is 258 g/mol. The highest BCUT2D eigenvalue weighted by atomic mass is 16.5. The lowest BCUT2D eigenvalue weighted by atomic mass is 10.1. The van der Waals surface area contributed by atoms with Gasteiger partial charge in [0.25, 0.3) is 5.56 Å². The van der Waals surface area contributed by atoms with E-state index in [4.69, 9.17) is 10.00 Å². The van der Waals surface area contributed by atoms with Gasteiger partial charge < -0.3 is 9.84 Å². The van der Waals surface area contributed by atoms with Crippen molar-refractivity contribution in [2.45, 2.75) is 6.92 Å². The molecule has 0 aliphatic carbocycles. The molecule has 0 saturated heterocycles. The lowest BCUT2D eigenvalue weighted by molar-refractivity contribution is 0.154. The fourth-order valence-corrected chi connectivity index (χ4v) is 1.80. The monoisotopic (exact) mass is 258 g/mol. The Hall–Kier alpha value is -2.81. The van der Waals surface area contributed by atoms with Crippen LogP contribution in [-0.4, -0.2) is 22.4 Å². The zero-order valence-electron chi connectivity index (χ0n) is 10.1. The molecule has 19 heavy (non-hydrogen) atoms. The summed E-state index contributed by atoms with van der Waals surface area (Å²) in [6.45, 7) is 1.71. The first-order valence-corrected chi connectivity index (χ1v) is 5.55. The van der Waals surface area contributed by atoms with E-state index in [1.54, 1.807) is 25.1 Å². The number of fused-ring (bicyclic) bond motifs is 1. The summed E-state index contributed by atoms with van der Waals surface area (Å²) in [6.07, 6.45) is -0.875. The highest BCUT2D eigenvalue weighted by Gasteiger charge is 2.20. The molecule has 0 unspecified atom stereocenters. The average Bonchev–Trinajstić information content (AvgIpc) is 2.40. The minimum absolute atomic E-state index is 0.0996. The molecule has 0 bridgehead atoms. The second-order valence-corrected chi connectivity index (χ2v) is 3.69. The number of aromatic hydroxyl groups is 1. The van der Waals surface area contributed by atoms with Gasteiger partial charge in [0.2, 0.25) is 0 Å². The van der Waals surface area contributed by atoms with Crippen LogP contribution in [0.25, 0.3) is 10.9 Å². The Kier molecular flexibility index (Phi) is 3.21. The van der Waals surface area contributed by atoms with E-state index >= 15 is 0 Å². The molecule has 0 spiro atoms. The number of nitriles is 1. The summed E-state index contributed by atoms with van der Waals surface area (Å²) in [5, 5.41) is 19.0. The quantitative estimate of drug-likeness (QED) is 0.838. The van der Waals surface area contributed by atoms with Crippen molar-refractivity contribution in [3.63, 3.8) is 0 Å². The van der Waals surface area contributed by atoms with Gasteiger partial charge in [-0.05, 0) is 19.1 Å². The van der Waals surface area contributed by atoms with Gasteiger partial charge in [-0.15, -0.1) is 0 Å². The first kappa shape index (κ1) is 12.6. The van der Waals surface area contributed by atoms with E-state index in [-0.39, 0.29) is 17.5 Å². The van der Waals surface area contributed by atoms with E-state index in [2.05, 4.69) is 0 Å². The molecule has 2 aromatic rings. The van der Waals surface area contributed by atoms with E-state index in [0.717, 1.165) is 4.57 Å². The molecule has 6 heteroatoms. The second kappa shape index (κ2) is 4.82. The van der Waals surface area contributed by atoms with Crippen molar-refractivity contribution in [2.75, 3.05) is 6.61 Å². The van der Waals surface area contributed by atoms with Crippen LogP contribution in [-0.2, 0) is 4.74 Å². The third-order valence-electron chi connectivity index (χ3n) is 2.62. The molecule has 1 aromatic carbocycles. The summed E-state index contributed by atoms with van der Waals surface area (Å²) < 4.78 is 5.54. The predicted octanol–water partition coefficient (Wildman–Crippen LogP) is 1.58. The summed E-state index contributed by atoms with van der Waals surface area (Å²) in [5.41, 5.74) is -1.17. The molecular weight excluding hydrogens is 248 g/mol. The minimum atomic E-state index is -0.892. The largest absolute Gasteiger partial charge is 0.506 e. The summed E-state index contributed by atoms with van der Waals surface area (Å²) in [4.78, 5) is 23.8. The minimum Gasteiger partial charge on any atom is -0.506 e. The highest BCUT2D eigenvalue weighted by Crippen LogP contribution is 2.25. The number of para-hydroxylation sites is 1. The zero-order chi connectivity index (χ0) is 14.0.